The van der Waals surface area contributed by atoms with Crippen LogP contribution in [0.4, 0.5) is 4.39 Å². The number of β-amino-alcohol motifs (C(OH)–C–C–N with tert-alkyl or cyclic N) is 1. The van der Waals surface area contributed by atoms with E-state index in [-0.39, 0.29) is 27.8 Å². The molecule has 210 valence electrons. The van der Waals surface area contributed by atoms with Gasteiger partial charge in [0.25, 0.3) is 0 Å². The van der Waals surface area contributed by atoms with Crippen LogP contribution in [0.3, 0.4) is 0 Å². The Bertz CT molecular complexity index is 1400. The van der Waals surface area contributed by atoms with Crippen LogP contribution in [0.2, 0.25) is 0 Å². The Hall–Kier alpha value is -1.45. The molecule has 0 aromatic heterocycles. The third-order valence-electron chi connectivity index (χ3n) is 10.7. The molecule has 1 saturated heterocycles. The molecule has 5 atom stereocenters. The Morgan fingerprint density at radius 2 is 1.74 bits per heavy atom. The summed E-state index contributed by atoms with van der Waals surface area (Å²) in [6.45, 7) is 5.06. The quantitative estimate of drug-likeness (QED) is 0.392. The Morgan fingerprint density at radius 1 is 1.05 bits per heavy atom. The molecule has 39 heavy (non-hydrogen) atoms. The number of benzene rings is 2. The summed E-state index contributed by atoms with van der Waals surface area (Å²) in [6.07, 6.45) is 6.85. The van der Waals surface area contributed by atoms with Gasteiger partial charge in [-0.3, -0.25) is 4.90 Å². The number of fused-ring (bicyclic) bond motifs is 5. The first kappa shape index (κ1) is 26.4. The molecule has 5 nitrogen and oxygen atoms in total. The molecule has 2 aromatic rings. The average molecular weight is 571 g/mol. The van der Waals surface area contributed by atoms with E-state index in [1.54, 1.807) is 12.1 Å². The van der Waals surface area contributed by atoms with Gasteiger partial charge in [-0.25, -0.2) is 12.8 Å². The first-order valence-electron chi connectivity index (χ1n) is 14.5. The zero-order chi connectivity index (χ0) is 27.2. The van der Waals surface area contributed by atoms with Gasteiger partial charge in [0.05, 0.1) is 5.25 Å². The highest BCUT2D eigenvalue weighted by Crippen LogP contribution is 2.77. The van der Waals surface area contributed by atoms with Gasteiger partial charge in [-0.2, -0.15) is 0 Å². The number of piperazine rings is 1. The highest BCUT2D eigenvalue weighted by atomic mass is 32.2. The third-order valence-corrected chi connectivity index (χ3v) is 12.9. The Labute approximate surface area is 237 Å². The summed E-state index contributed by atoms with van der Waals surface area (Å²) < 4.78 is 38.0. The fraction of sp³-hybridized carbons (Fsp3) is 0.613. The van der Waals surface area contributed by atoms with Crippen LogP contribution < -0.4 is 0 Å². The number of sulfone groups is 1. The molecule has 5 aliphatic rings. The third kappa shape index (κ3) is 4.40. The van der Waals surface area contributed by atoms with E-state index in [4.69, 9.17) is 12.6 Å². The monoisotopic (exact) mass is 570 g/mol. The maximum Gasteiger partial charge on any atom is 0.150 e. The number of hydrogen-bond donors (Lipinski definition) is 2. The van der Waals surface area contributed by atoms with Crippen molar-refractivity contribution >= 4 is 22.5 Å². The van der Waals surface area contributed by atoms with Crippen molar-refractivity contribution in [1.82, 2.24) is 9.80 Å². The lowest BCUT2D eigenvalue weighted by Gasteiger charge is -2.40. The van der Waals surface area contributed by atoms with E-state index in [9.17, 15) is 17.9 Å². The van der Waals surface area contributed by atoms with E-state index in [0.717, 1.165) is 76.8 Å². The topological polar surface area (TPSA) is 60.9 Å². The standard InChI is InChI=1S/C31H39FN2O3S2/c1-39(36,37)27-17-23(27)8-11-33-12-14-34(15-13-33)20-31(35,38)28-19-30(28)25-5-3-2-4-21(25)16-22-6-7-24(32)18-26(22)29(30)9-10-29/h2-7,18,23,27-28,35,38H,8-17,19-20H2,1H3/t23?,27?,28-,30?,31?/m1/s1. The lowest BCUT2D eigenvalue weighted by Crippen LogP contribution is -2.52. The zero-order valence-electron chi connectivity index (χ0n) is 22.7. The number of hydrogen-bond acceptors (Lipinski definition) is 6. The predicted octanol–water partition coefficient (Wildman–Crippen LogP) is 3.78. The minimum absolute atomic E-state index is 0.00650. The summed E-state index contributed by atoms with van der Waals surface area (Å²) in [4.78, 5) is 3.62. The van der Waals surface area contributed by atoms with E-state index < -0.39 is 14.8 Å². The average Bonchev–Trinajstić information content (AvgIpc) is 3.76. The lowest BCUT2D eigenvalue weighted by atomic mass is 9.73. The maximum absolute atomic E-state index is 14.5. The molecule has 2 aromatic carbocycles. The summed E-state index contributed by atoms with van der Waals surface area (Å²) in [5, 5.41) is 11.8. The smallest absolute Gasteiger partial charge is 0.150 e. The van der Waals surface area contributed by atoms with Crippen LogP contribution in [0.5, 0.6) is 0 Å². The Kier molecular flexibility index (Phi) is 6.12. The van der Waals surface area contributed by atoms with Crippen LogP contribution in [0.15, 0.2) is 42.5 Å². The second-order valence-electron chi connectivity index (χ2n) is 13.1. The molecule has 0 radical (unpaired) electrons. The molecular formula is C31H39FN2O3S2. The minimum atomic E-state index is -2.90. The summed E-state index contributed by atoms with van der Waals surface area (Å²) in [5.41, 5.74) is 4.66. The first-order chi connectivity index (χ1) is 18.5. The molecule has 0 amide bonds. The van der Waals surface area contributed by atoms with E-state index in [1.165, 1.54) is 22.9 Å². The van der Waals surface area contributed by atoms with E-state index >= 15 is 0 Å². The van der Waals surface area contributed by atoms with Gasteiger partial charge in [-0.1, -0.05) is 30.3 Å². The zero-order valence-corrected chi connectivity index (χ0v) is 24.4. The molecule has 1 aliphatic heterocycles. The van der Waals surface area contributed by atoms with Crippen molar-refractivity contribution in [3.05, 3.63) is 70.5 Å². The van der Waals surface area contributed by atoms with Crippen LogP contribution in [-0.4, -0.2) is 79.0 Å². The number of halogens is 1. The van der Waals surface area contributed by atoms with Crippen molar-refractivity contribution in [2.45, 2.75) is 59.5 Å². The van der Waals surface area contributed by atoms with Crippen LogP contribution in [0.1, 0.15) is 54.4 Å². The molecule has 4 fully saturated rings. The van der Waals surface area contributed by atoms with Gasteiger partial charge in [0.2, 0.25) is 0 Å². The largest absolute Gasteiger partial charge is 0.378 e. The van der Waals surface area contributed by atoms with Crippen molar-refractivity contribution in [3.8, 4) is 0 Å². The normalized spacial score (nSPS) is 32.8. The maximum atomic E-state index is 14.5. The van der Waals surface area contributed by atoms with Gasteiger partial charge in [-0.05, 0) is 85.4 Å². The molecule has 4 aliphatic carbocycles. The van der Waals surface area contributed by atoms with Crippen LogP contribution >= 0.6 is 12.6 Å². The summed E-state index contributed by atoms with van der Waals surface area (Å²) >= 11 is 4.97. The molecule has 2 spiro atoms. The molecule has 1 heterocycles. The number of rotatable bonds is 7. The molecule has 7 rings (SSSR count). The Balaban J connectivity index is 1.05. The number of nitrogens with zero attached hydrogens (tertiary/aromatic N) is 2. The molecule has 0 bridgehead atoms. The number of thiol groups is 1. The molecule has 3 saturated carbocycles. The van der Waals surface area contributed by atoms with E-state index in [1.807, 2.05) is 6.07 Å². The molecule has 8 heteroatoms. The van der Waals surface area contributed by atoms with Crippen molar-refractivity contribution in [2.24, 2.45) is 11.8 Å². The second kappa shape index (κ2) is 9.02. The second-order valence-corrected chi connectivity index (χ2v) is 16.1. The molecule has 1 N–H and O–H groups in total. The van der Waals surface area contributed by atoms with Crippen molar-refractivity contribution in [1.29, 1.82) is 0 Å². The van der Waals surface area contributed by atoms with Gasteiger partial charge >= 0.3 is 0 Å². The number of aliphatic hydroxyl groups is 1. The van der Waals surface area contributed by atoms with Crippen molar-refractivity contribution < 1.29 is 17.9 Å². The van der Waals surface area contributed by atoms with Gasteiger partial charge in [0.15, 0.2) is 9.84 Å². The van der Waals surface area contributed by atoms with Gasteiger partial charge < -0.3 is 10.0 Å². The lowest BCUT2D eigenvalue weighted by molar-refractivity contribution is 0.0344. The predicted molar refractivity (Wildman–Crippen MR) is 155 cm³/mol. The van der Waals surface area contributed by atoms with E-state index in [2.05, 4.69) is 34.1 Å². The SMILES string of the molecule is CS(=O)(=O)C1CC1CCN1CCN(CC(O)(S)[C@@H]2CC23c2ccccc2Cc2ccc(F)cc2C32CC2)CC1. The molecular weight excluding hydrogens is 531 g/mol. The van der Waals surface area contributed by atoms with Gasteiger partial charge in [-0.15, -0.1) is 12.6 Å². The summed E-state index contributed by atoms with van der Waals surface area (Å²) in [5.74, 6) is 0.153. The van der Waals surface area contributed by atoms with Crippen LogP contribution in [0, 0.1) is 17.7 Å². The summed E-state index contributed by atoms with van der Waals surface area (Å²) in [7, 11) is -2.90. The van der Waals surface area contributed by atoms with Gasteiger partial charge in [0.1, 0.15) is 10.8 Å². The van der Waals surface area contributed by atoms with Gasteiger partial charge in [0, 0.05) is 55.7 Å². The fourth-order valence-corrected chi connectivity index (χ4v) is 10.4. The fourth-order valence-electron chi connectivity index (χ4n) is 8.46. The Morgan fingerprint density at radius 3 is 2.44 bits per heavy atom. The van der Waals surface area contributed by atoms with Crippen molar-refractivity contribution in [2.75, 3.05) is 45.5 Å². The van der Waals surface area contributed by atoms with Crippen LogP contribution in [0.25, 0.3) is 0 Å². The minimum Gasteiger partial charge on any atom is -0.378 e. The molecule has 4 unspecified atom stereocenters. The highest BCUT2D eigenvalue weighted by molar-refractivity contribution is 7.91. The summed E-state index contributed by atoms with van der Waals surface area (Å²) in [6, 6.07) is 14.0. The van der Waals surface area contributed by atoms with E-state index in [0.29, 0.717) is 12.5 Å². The highest BCUT2D eigenvalue weighted by Gasteiger charge is 2.77. The first-order valence-corrected chi connectivity index (χ1v) is 16.9. The van der Waals surface area contributed by atoms with Crippen LogP contribution in [-0.2, 0) is 27.1 Å². The van der Waals surface area contributed by atoms with Crippen molar-refractivity contribution in [3.63, 3.8) is 0 Å².